The van der Waals surface area contributed by atoms with Gasteiger partial charge in [0.25, 0.3) is 26.1 Å². The Kier molecular flexibility index (Phi) is 17.9. The summed E-state index contributed by atoms with van der Waals surface area (Å²) < 4.78 is 81.0. The van der Waals surface area contributed by atoms with Crippen molar-refractivity contribution in [2.45, 2.75) is 74.0 Å². The maximum Gasteiger partial charge on any atom is 0.338 e. The molecule has 394 valence electrons. The Labute approximate surface area is 441 Å². The fourth-order valence-electron chi connectivity index (χ4n) is 9.67. The second-order valence-electron chi connectivity index (χ2n) is 19.2. The number of anilines is 1. The highest BCUT2D eigenvalue weighted by molar-refractivity contribution is 7.86. The Morgan fingerprint density at radius 2 is 1.33 bits per heavy atom. The van der Waals surface area contributed by atoms with Gasteiger partial charge in [-0.1, -0.05) is 92.7 Å². The summed E-state index contributed by atoms with van der Waals surface area (Å²) >= 11 is 0. The lowest BCUT2D eigenvalue weighted by atomic mass is 9.81. The molecule has 5 aromatic carbocycles. The molecule has 15 nitrogen and oxygen atoms in total. The number of fused-ring (bicyclic) bond motifs is 2. The van der Waals surface area contributed by atoms with Crippen LogP contribution in [-0.4, -0.2) is 101 Å². The van der Waals surface area contributed by atoms with E-state index in [0.29, 0.717) is 55.4 Å². The normalized spacial score (nSPS) is 15.5. The van der Waals surface area contributed by atoms with Crippen LogP contribution in [0, 0.1) is 0 Å². The zero-order chi connectivity index (χ0) is 54.1. The van der Waals surface area contributed by atoms with Crippen molar-refractivity contribution in [2.24, 2.45) is 0 Å². The number of carbonyl (C=O) groups excluding carboxylic acids is 3. The van der Waals surface area contributed by atoms with Crippen molar-refractivity contribution >= 4 is 78.9 Å². The fourth-order valence-corrected chi connectivity index (χ4v) is 13.2. The molecule has 0 unspecified atom stereocenters. The molecule has 0 bridgehead atoms. The van der Waals surface area contributed by atoms with Gasteiger partial charge in [-0.2, -0.15) is 21.4 Å². The van der Waals surface area contributed by atoms with Crippen LogP contribution >= 0.6 is 7.92 Å². The van der Waals surface area contributed by atoms with Crippen molar-refractivity contribution in [1.29, 1.82) is 0 Å². The first-order valence-electron chi connectivity index (χ1n) is 24.6. The first-order valence-corrected chi connectivity index (χ1v) is 28.8. The molecule has 2 amide bonds. The molecule has 0 saturated heterocycles. The number of allylic oxidation sites excluding steroid dienone is 6. The number of carbonyl (C=O) groups is 3. The van der Waals surface area contributed by atoms with E-state index in [2.05, 4.69) is 20.1 Å². The standard InChI is InChI=1S/C57H63N4O11PS2/c1-56(2)46-38-43(74(65,66)67)27-30-48(46)60(51(56)23-15-9-16-24-52-57(3,4)47-39-44(75(68,69)70)28-31-49(47)61(52)35-36-71-5)34-18-10-17-25-53(62)58-32-33-59-54(63)40-26-29-45(55(64)72-6)50(37-40)73(41-19-11-7-12-20-41)42-21-13-8-14-22-42/h7-9,11-16,19-24,26-31,37-39H,10,17-18,25,32-36H2,1-6H3,(H3-,58,59,62,63,65,66,67,68,69,70)/p+1. The highest BCUT2D eigenvalue weighted by Gasteiger charge is 2.45. The molecule has 0 aliphatic carbocycles. The van der Waals surface area contributed by atoms with Crippen molar-refractivity contribution in [3.05, 3.63) is 174 Å². The molecule has 7 rings (SSSR count). The Bertz CT molecular complexity index is 3260. The van der Waals surface area contributed by atoms with Gasteiger partial charge in [-0.05, 0) is 105 Å². The van der Waals surface area contributed by atoms with Gasteiger partial charge in [-0.25, -0.2) is 4.79 Å². The van der Waals surface area contributed by atoms with Crippen LogP contribution < -0.4 is 31.4 Å². The Hall–Kier alpha value is -6.59. The van der Waals surface area contributed by atoms with Gasteiger partial charge in [0.2, 0.25) is 11.6 Å². The zero-order valence-electron chi connectivity index (χ0n) is 42.9. The van der Waals surface area contributed by atoms with Crippen LogP contribution in [0.15, 0.2) is 161 Å². The largest absolute Gasteiger partial charge is 0.465 e. The van der Waals surface area contributed by atoms with Gasteiger partial charge in [-0.3, -0.25) is 18.7 Å². The SMILES string of the molecule is COCCN1C(=CC=CC=CC2=[N+](CCCCCC(=O)NCCNC(=O)c3ccc(C(=O)OC)c(P(c4ccccc4)c4ccccc4)c3)c3ccc(S(=O)(=O)O)cc3C2(C)C)C(C)(C)c2cc(S(=O)(=O)O)ccc21. The molecule has 0 spiro atoms. The third kappa shape index (κ3) is 12.9. The minimum atomic E-state index is -4.47. The number of methoxy groups -OCH3 is 2. The number of benzene rings is 5. The average Bonchev–Trinajstić information content (AvgIpc) is 3.73. The van der Waals surface area contributed by atoms with Gasteiger partial charge < -0.3 is 25.0 Å². The summed E-state index contributed by atoms with van der Waals surface area (Å²) in [6.07, 6.45) is 11.9. The summed E-state index contributed by atoms with van der Waals surface area (Å²) in [6, 6.07) is 33.9. The number of hydrogen-bond donors (Lipinski definition) is 4. The quantitative estimate of drug-likeness (QED) is 0.0132. The number of unbranched alkanes of at least 4 members (excludes halogenated alkanes) is 2. The lowest BCUT2D eigenvalue weighted by Gasteiger charge is -2.26. The van der Waals surface area contributed by atoms with Crippen molar-refractivity contribution in [3.8, 4) is 0 Å². The highest BCUT2D eigenvalue weighted by atomic mass is 32.2. The number of nitrogens with zero attached hydrogens (tertiary/aromatic N) is 2. The van der Waals surface area contributed by atoms with E-state index in [4.69, 9.17) is 9.47 Å². The second-order valence-corrected chi connectivity index (χ2v) is 24.2. The molecule has 0 aromatic heterocycles. The average molecular weight is 1080 g/mol. The first kappa shape index (κ1) is 56.1. The molecular weight excluding hydrogens is 1010 g/mol. The maximum absolute atomic E-state index is 13.5. The highest BCUT2D eigenvalue weighted by Crippen LogP contribution is 2.48. The molecule has 0 fully saturated rings. The summed E-state index contributed by atoms with van der Waals surface area (Å²) in [5.41, 5.74) is 4.40. The molecule has 75 heavy (non-hydrogen) atoms. The number of rotatable bonds is 22. The van der Waals surface area contributed by atoms with Gasteiger partial charge in [0.15, 0.2) is 5.71 Å². The minimum Gasteiger partial charge on any atom is -0.465 e. The van der Waals surface area contributed by atoms with Crippen LogP contribution in [0.25, 0.3) is 0 Å². The molecule has 2 heterocycles. The van der Waals surface area contributed by atoms with Gasteiger partial charge in [0.05, 0.1) is 34.5 Å². The smallest absolute Gasteiger partial charge is 0.338 e. The van der Waals surface area contributed by atoms with E-state index in [1.165, 1.54) is 31.4 Å². The molecule has 2 aliphatic heterocycles. The third-order valence-corrected chi connectivity index (χ3v) is 17.7. The van der Waals surface area contributed by atoms with Crippen molar-refractivity contribution in [1.82, 2.24) is 10.6 Å². The predicted octanol–water partition coefficient (Wildman–Crippen LogP) is 7.65. The van der Waals surface area contributed by atoms with Crippen LogP contribution in [0.4, 0.5) is 11.4 Å². The van der Waals surface area contributed by atoms with Crippen LogP contribution in [-0.2, 0) is 45.3 Å². The molecule has 4 N–H and O–H groups in total. The Morgan fingerprint density at radius 3 is 1.96 bits per heavy atom. The summed E-state index contributed by atoms with van der Waals surface area (Å²) in [5.74, 6) is -0.990. The molecule has 5 aromatic rings. The molecular formula is C57H64N4O11PS2+. The van der Waals surface area contributed by atoms with E-state index < -0.39 is 45.0 Å². The summed E-state index contributed by atoms with van der Waals surface area (Å²) in [6.45, 7) is 9.87. The molecule has 0 radical (unpaired) electrons. The lowest BCUT2D eigenvalue weighted by Crippen LogP contribution is -2.35. The maximum atomic E-state index is 13.5. The van der Waals surface area contributed by atoms with E-state index in [1.54, 1.807) is 37.4 Å². The number of nitrogens with one attached hydrogen (secondary N) is 2. The number of hydrogen-bond acceptors (Lipinski definition) is 10. The molecule has 0 atom stereocenters. The van der Waals surface area contributed by atoms with Crippen LogP contribution in [0.5, 0.6) is 0 Å². The second kappa shape index (κ2) is 24.0. The van der Waals surface area contributed by atoms with Gasteiger partial charge in [0, 0.05) is 85.0 Å². The third-order valence-electron chi connectivity index (χ3n) is 13.5. The topological polar surface area (TPSA) is 209 Å². The van der Waals surface area contributed by atoms with Crippen molar-refractivity contribution in [2.75, 3.05) is 51.9 Å². The van der Waals surface area contributed by atoms with E-state index in [1.807, 2.05) is 119 Å². The predicted molar refractivity (Wildman–Crippen MR) is 294 cm³/mol. The number of amides is 2. The summed E-state index contributed by atoms with van der Waals surface area (Å²) in [4.78, 5) is 41.2. The first-order chi connectivity index (χ1) is 35.7. The lowest BCUT2D eigenvalue weighted by molar-refractivity contribution is -0.438. The van der Waals surface area contributed by atoms with Crippen molar-refractivity contribution in [3.63, 3.8) is 0 Å². The monoisotopic (exact) mass is 1080 g/mol. The molecule has 0 saturated carbocycles. The zero-order valence-corrected chi connectivity index (χ0v) is 45.5. The summed E-state index contributed by atoms with van der Waals surface area (Å²) in [7, 11) is -7.16. The summed E-state index contributed by atoms with van der Waals surface area (Å²) in [5, 5.41) is 8.51. The van der Waals surface area contributed by atoms with Gasteiger partial charge in [-0.15, -0.1) is 0 Å². The van der Waals surface area contributed by atoms with Gasteiger partial charge in [0.1, 0.15) is 6.54 Å². The van der Waals surface area contributed by atoms with Crippen LogP contribution in [0.2, 0.25) is 0 Å². The molecule has 18 heteroatoms. The van der Waals surface area contributed by atoms with Crippen LogP contribution in [0.1, 0.15) is 85.2 Å². The van der Waals surface area contributed by atoms with E-state index in [9.17, 15) is 40.3 Å². The number of esters is 1. The molecule has 2 aliphatic rings. The van der Waals surface area contributed by atoms with Crippen LogP contribution in [0.3, 0.4) is 0 Å². The van der Waals surface area contributed by atoms with Crippen molar-refractivity contribution < 1.29 is 54.4 Å². The number of ether oxygens (including phenoxy) is 2. The Balaban J connectivity index is 0.979. The fraction of sp³-hybridized carbons (Fsp3) is 0.298. The van der Waals surface area contributed by atoms with E-state index >= 15 is 0 Å². The van der Waals surface area contributed by atoms with E-state index in [0.717, 1.165) is 44.5 Å². The van der Waals surface area contributed by atoms with E-state index in [-0.39, 0.29) is 41.1 Å². The Morgan fingerprint density at radius 1 is 0.707 bits per heavy atom. The minimum absolute atomic E-state index is 0.151. The van der Waals surface area contributed by atoms with Gasteiger partial charge >= 0.3 is 5.97 Å².